The van der Waals surface area contributed by atoms with E-state index in [1.807, 2.05) is 30.3 Å². The van der Waals surface area contributed by atoms with E-state index >= 15 is 0 Å². The molecule has 1 aliphatic carbocycles. The summed E-state index contributed by atoms with van der Waals surface area (Å²) in [5, 5.41) is 13.0. The molecule has 3 rings (SSSR count). The molecule has 1 aliphatic rings. The molecule has 27 heavy (non-hydrogen) atoms. The van der Waals surface area contributed by atoms with Crippen molar-refractivity contribution in [1.82, 2.24) is 5.48 Å². The van der Waals surface area contributed by atoms with E-state index in [0.29, 0.717) is 29.1 Å². The third-order valence-electron chi connectivity index (χ3n) is 3.98. The number of thioether (sulfide) groups is 1. The highest BCUT2D eigenvalue weighted by molar-refractivity contribution is 8.03. The molecule has 0 aliphatic heterocycles. The number of hydrogen-bond acceptors (Lipinski definition) is 7. The first-order valence-corrected chi connectivity index (χ1v) is 10.1. The lowest BCUT2D eigenvalue weighted by Crippen LogP contribution is -2.16. The SMILES string of the molecule is CCOC(=O)c1c(NC(C)=O)sc2c1CCC(Sc1ccccc1)=C2NO. The van der Waals surface area contributed by atoms with E-state index in [2.05, 4.69) is 10.8 Å². The third-order valence-corrected chi connectivity index (χ3v) is 6.31. The molecule has 0 fully saturated rings. The van der Waals surface area contributed by atoms with Gasteiger partial charge in [0.05, 0.1) is 22.7 Å². The van der Waals surface area contributed by atoms with Crippen LogP contribution in [0.2, 0.25) is 0 Å². The molecule has 1 amide bonds. The van der Waals surface area contributed by atoms with Crippen LogP contribution in [0.5, 0.6) is 0 Å². The summed E-state index contributed by atoms with van der Waals surface area (Å²) in [6, 6.07) is 9.88. The minimum Gasteiger partial charge on any atom is -0.462 e. The van der Waals surface area contributed by atoms with Crippen LogP contribution in [0.15, 0.2) is 40.1 Å². The van der Waals surface area contributed by atoms with Crippen molar-refractivity contribution < 1.29 is 19.5 Å². The van der Waals surface area contributed by atoms with Crippen molar-refractivity contribution in [2.75, 3.05) is 11.9 Å². The number of fused-ring (bicyclic) bond motifs is 1. The quantitative estimate of drug-likeness (QED) is 0.492. The van der Waals surface area contributed by atoms with Gasteiger partial charge in [0.1, 0.15) is 5.00 Å². The average molecular weight is 405 g/mol. The molecule has 6 nitrogen and oxygen atoms in total. The fourth-order valence-electron chi connectivity index (χ4n) is 2.91. The predicted molar refractivity (Wildman–Crippen MR) is 107 cm³/mol. The van der Waals surface area contributed by atoms with Crippen LogP contribution in [0.3, 0.4) is 0 Å². The number of rotatable bonds is 6. The zero-order valence-electron chi connectivity index (χ0n) is 15.0. The molecule has 1 heterocycles. The number of carbonyl (C=O) groups excluding carboxylic acids is 2. The lowest BCUT2D eigenvalue weighted by Gasteiger charge is -2.20. The average Bonchev–Trinajstić information content (AvgIpc) is 3.00. The molecule has 0 spiro atoms. The Balaban J connectivity index is 2.06. The number of allylic oxidation sites excluding steroid dienone is 1. The molecule has 0 saturated carbocycles. The maximum Gasteiger partial charge on any atom is 0.341 e. The summed E-state index contributed by atoms with van der Waals surface area (Å²) in [6.07, 6.45) is 1.29. The van der Waals surface area contributed by atoms with E-state index in [9.17, 15) is 14.8 Å². The Morgan fingerprint density at radius 1 is 1.26 bits per heavy atom. The van der Waals surface area contributed by atoms with Crippen LogP contribution in [-0.4, -0.2) is 23.7 Å². The van der Waals surface area contributed by atoms with Gasteiger partial charge in [-0.1, -0.05) is 30.0 Å². The van der Waals surface area contributed by atoms with Crippen LogP contribution in [0.1, 0.15) is 41.1 Å². The summed E-state index contributed by atoms with van der Waals surface area (Å²) in [5.41, 5.74) is 4.03. The van der Waals surface area contributed by atoms with Gasteiger partial charge in [0.15, 0.2) is 0 Å². The smallest absolute Gasteiger partial charge is 0.341 e. The largest absolute Gasteiger partial charge is 0.462 e. The Hall–Kier alpha value is -2.29. The van der Waals surface area contributed by atoms with Gasteiger partial charge in [-0.15, -0.1) is 11.3 Å². The van der Waals surface area contributed by atoms with Crippen molar-refractivity contribution in [3.63, 3.8) is 0 Å². The number of nitrogens with one attached hydrogen (secondary N) is 2. The van der Waals surface area contributed by atoms with Crippen molar-refractivity contribution in [3.8, 4) is 0 Å². The normalized spacial score (nSPS) is 13.1. The van der Waals surface area contributed by atoms with E-state index in [4.69, 9.17) is 4.74 Å². The van der Waals surface area contributed by atoms with Crippen molar-refractivity contribution in [1.29, 1.82) is 0 Å². The molecular weight excluding hydrogens is 384 g/mol. The molecule has 1 aromatic carbocycles. The molecule has 142 valence electrons. The van der Waals surface area contributed by atoms with Crippen LogP contribution in [0.4, 0.5) is 5.00 Å². The van der Waals surface area contributed by atoms with E-state index < -0.39 is 5.97 Å². The molecular formula is C19H20N2O4S2. The highest BCUT2D eigenvalue weighted by atomic mass is 32.2. The number of hydrogen-bond donors (Lipinski definition) is 3. The molecule has 0 atom stereocenters. The Bertz CT molecular complexity index is 891. The van der Waals surface area contributed by atoms with Crippen LogP contribution in [0, 0.1) is 0 Å². The van der Waals surface area contributed by atoms with Crippen molar-refractivity contribution in [2.24, 2.45) is 0 Å². The van der Waals surface area contributed by atoms with Crippen LogP contribution < -0.4 is 10.8 Å². The minimum atomic E-state index is -0.463. The number of ether oxygens (including phenoxy) is 1. The molecule has 2 aromatic rings. The van der Waals surface area contributed by atoms with E-state index in [1.54, 1.807) is 18.7 Å². The zero-order valence-corrected chi connectivity index (χ0v) is 16.6. The number of amides is 1. The molecule has 1 aromatic heterocycles. The first-order chi connectivity index (χ1) is 13.0. The fraction of sp³-hybridized carbons (Fsp3) is 0.263. The van der Waals surface area contributed by atoms with Crippen molar-refractivity contribution in [2.45, 2.75) is 31.6 Å². The lowest BCUT2D eigenvalue weighted by molar-refractivity contribution is -0.114. The van der Waals surface area contributed by atoms with Gasteiger partial charge in [0.2, 0.25) is 5.91 Å². The van der Waals surface area contributed by atoms with Crippen molar-refractivity contribution in [3.05, 3.63) is 51.2 Å². The maximum absolute atomic E-state index is 12.5. The number of hydroxylamine groups is 1. The number of esters is 1. The van der Waals surface area contributed by atoms with E-state index in [1.165, 1.54) is 18.3 Å². The first-order valence-electron chi connectivity index (χ1n) is 8.52. The molecule has 0 bridgehead atoms. The second-order valence-corrected chi connectivity index (χ2v) is 8.03. The summed E-state index contributed by atoms with van der Waals surface area (Å²) in [6.45, 7) is 3.38. The molecule has 0 radical (unpaired) electrons. The summed E-state index contributed by atoms with van der Waals surface area (Å²) >= 11 is 2.83. The number of carbonyl (C=O) groups is 2. The predicted octanol–water partition coefficient (Wildman–Crippen LogP) is 4.27. The van der Waals surface area contributed by atoms with Crippen molar-refractivity contribution >= 4 is 45.7 Å². The molecule has 0 unspecified atom stereocenters. The van der Waals surface area contributed by atoms with Gasteiger partial charge < -0.3 is 10.1 Å². The minimum absolute atomic E-state index is 0.249. The number of benzene rings is 1. The number of anilines is 1. The first kappa shape index (κ1) is 19.5. The summed E-state index contributed by atoms with van der Waals surface area (Å²) in [7, 11) is 0. The Morgan fingerprint density at radius 2 is 2.00 bits per heavy atom. The lowest BCUT2D eigenvalue weighted by atomic mass is 9.98. The summed E-state index contributed by atoms with van der Waals surface area (Å²) < 4.78 is 5.18. The molecule has 3 N–H and O–H groups in total. The van der Waals surface area contributed by atoms with Gasteiger partial charge in [-0.05, 0) is 37.5 Å². The third kappa shape index (κ3) is 4.18. The molecule has 8 heteroatoms. The Kier molecular flexibility index (Phi) is 6.20. The van der Waals surface area contributed by atoms with Gasteiger partial charge in [0.25, 0.3) is 0 Å². The van der Waals surface area contributed by atoms with Gasteiger partial charge in [-0.25, -0.2) is 4.79 Å². The fourth-order valence-corrected chi connectivity index (χ4v) is 5.31. The second kappa shape index (κ2) is 8.60. The highest BCUT2D eigenvalue weighted by Crippen LogP contribution is 2.46. The van der Waals surface area contributed by atoms with Crippen LogP contribution in [0.25, 0.3) is 5.70 Å². The van der Waals surface area contributed by atoms with Gasteiger partial charge in [-0.2, -0.15) is 0 Å². The topological polar surface area (TPSA) is 87.7 Å². The van der Waals surface area contributed by atoms with Gasteiger partial charge >= 0.3 is 5.97 Å². The summed E-state index contributed by atoms with van der Waals surface area (Å²) in [5.74, 6) is -0.726. The second-order valence-electron chi connectivity index (χ2n) is 5.84. The van der Waals surface area contributed by atoms with Gasteiger partial charge in [0, 0.05) is 16.7 Å². The standard InChI is InChI=1S/C19H20N2O4S2/c1-3-25-19(23)15-13-9-10-14(26-12-7-5-4-6-8-12)16(21-24)17(13)27-18(15)20-11(2)22/h4-8,21,24H,3,9-10H2,1-2H3,(H,20,22). The maximum atomic E-state index is 12.5. The Labute approximate surface area is 165 Å². The summed E-state index contributed by atoms with van der Waals surface area (Å²) in [4.78, 5) is 26.8. The van der Waals surface area contributed by atoms with Crippen LogP contribution in [-0.2, 0) is 16.0 Å². The highest BCUT2D eigenvalue weighted by Gasteiger charge is 2.31. The van der Waals surface area contributed by atoms with E-state index in [0.717, 1.165) is 20.2 Å². The number of thiophene rings is 1. The van der Waals surface area contributed by atoms with E-state index in [-0.39, 0.29) is 12.5 Å². The van der Waals surface area contributed by atoms with Gasteiger partial charge in [-0.3, -0.25) is 15.5 Å². The van der Waals surface area contributed by atoms with Crippen LogP contribution >= 0.6 is 23.1 Å². The monoisotopic (exact) mass is 404 g/mol. The zero-order chi connectivity index (χ0) is 19.4. The Morgan fingerprint density at radius 3 is 2.63 bits per heavy atom. The molecule has 0 saturated heterocycles.